The molecule has 1 atom stereocenters. The summed E-state index contributed by atoms with van der Waals surface area (Å²) in [6.07, 6.45) is 1.89. The van der Waals surface area contributed by atoms with Crippen LogP contribution in [0.1, 0.15) is 24.5 Å². The van der Waals surface area contributed by atoms with E-state index in [2.05, 4.69) is 9.97 Å². The van der Waals surface area contributed by atoms with Gasteiger partial charge in [-0.3, -0.25) is 9.55 Å². The first kappa shape index (κ1) is 17.9. The second-order valence-electron chi connectivity index (χ2n) is 7.33. The molecule has 1 aromatic carbocycles. The number of aryl methyl sites for hydroxylation is 1. The lowest BCUT2D eigenvalue weighted by molar-refractivity contribution is 0.0797. The Morgan fingerprint density at radius 2 is 2.07 bits per heavy atom. The monoisotopic (exact) mass is 396 g/mol. The average molecular weight is 396 g/mol. The molecule has 6 nitrogen and oxygen atoms in total. The smallest absolute Gasteiger partial charge is 0.326 e. The Kier molecular flexibility index (Phi) is 4.16. The van der Waals surface area contributed by atoms with Crippen LogP contribution in [0.15, 0.2) is 35.1 Å². The van der Waals surface area contributed by atoms with Crippen LogP contribution in [-0.2, 0) is 11.8 Å². The summed E-state index contributed by atoms with van der Waals surface area (Å²) in [6, 6.07) is 7.73. The minimum absolute atomic E-state index is 0.107. The van der Waals surface area contributed by atoms with E-state index < -0.39 is 11.9 Å². The number of aromatic amines is 1. The first-order valence-corrected chi connectivity index (χ1v) is 9.45. The summed E-state index contributed by atoms with van der Waals surface area (Å²) < 4.78 is 34.5. The molecule has 1 aliphatic heterocycles. The lowest BCUT2D eigenvalue weighted by Crippen LogP contribution is -2.19. The summed E-state index contributed by atoms with van der Waals surface area (Å²) in [6.45, 7) is 1.30. The van der Waals surface area contributed by atoms with Crippen LogP contribution in [-0.4, -0.2) is 32.7 Å². The third kappa shape index (κ3) is 2.91. The van der Waals surface area contributed by atoms with Gasteiger partial charge < -0.3 is 9.72 Å². The zero-order chi connectivity index (χ0) is 20.1. The molecule has 148 valence electrons. The van der Waals surface area contributed by atoms with Gasteiger partial charge in [-0.2, -0.15) is 13.8 Å². The molecule has 0 radical (unpaired) electrons. The lowest BCUT2D eigenvalue weighted by Gasteiger charge is -2.23. The number of ether oxygens (including phenoxy) is 1. The van der Waals surface area contributed by atoms with E-state index in [-0.39, 0.29) is 17.2 Å². The minimum Gasteiger partial charge on any atom is -0.381 e. The van der Waals surface area contributed by atoms with Crippen molar-refractivity contribution in [3.05, 3.63) is 58.4 Å². The number of rotatable bonds is 2. The average Bonchev–Trinajstić information content (AvgIpc) is 3.03. The van der Waals surface area contributed by atoms with Crippen molar-refractivity contribution in [1.82, 2.24) is 19.5 Å². The molecule has 5 rings (SSSR count). The number of nitrogens with one attached hydrogen (secondary N) is 1. The first-order chi connectivity index (χ1) is 14.0. The number of imidazole rings is 1. The van der Waals surface area contributed by atoms with E-state index in [1.54, 1.807) is 29.8 Å². The maximum Gasteiger partial charge on any atom is 0.326 e. The number of fused-ring (bicyclic) bond motifs is 3. The molecular formula is C21H18F2N4O2. The molecule has 0 aliphatic carbocycles. The summed E-state index contributed by atoms with van der Waals surface area (Å²) >= 11 is 0. The third-order valence-electron chi connectivity index (χ3n) is 5.53. The molecule has 1 aliphatic rings. The molecule has 29 heavy (non-hydrogen) atoms. The van der Waals surface area contributed by atoms with Crippen LogP contribution in [0.3, 0.4) is 0 Å². The Bertz CT molecular complexity index is 1310. The molecular weight excluding hydrogens is 378 g/mol. The van der Waals surface area contributed by atoms with Crippen LogP contribution in [0.4, 0.5) is 8.78 Å². The molecule has 0 saturated carbocycles. The number of pyridine rings is 2. The predicted molar refractivity (Wildman–Crippen MR) is 105 cm³/mol. The second-order valence-corrected chi connectivity index (χ2v) is 7.33. The minimum atomic E-state index is -0.883. The zero-order valence-electron chi connectivity index (χ0n) is 15.7. The Hall–Kier alpha value is -3.13. The third-order valence-corrected chi connectivity index (χ3v) is 5.53. The van der Waals surface area contributed by atoms with E-state index in [9.17, 15) is 13.6 Å². The van der Waals surface area contributed by atoms with Crippen molar-refractivity contribution in [2.45, 2.75) is 18.8 Å². The van der Waals surface area contributed by atoms with Crippen LogP contribution in [0, 0.1) is 11.9 Å². The number of aromatic nitrogens is 4. The molecule has 4 aromatic rings. The summed E-state index contributed by atoms with van der Waals surface area (Å²) in [5, 5.41) is 0.694. The summed E-state index contributed by atoms with van der Waals surface area (Å²) in [7, 11) is 1.70. The molecule has 1 fully saturated rings. The van der Waals surface area contributed by atoms with Gasteiger partial charge in [0.1, 0.15) is 0 Å². The van der Waals surface area contributed by atoms with E-state index in [4.69, 9.17) is 9.72 Å². The maximum absolute atomic E-state index is 14.2. The number of benzene rings is 1. The van der Waals surface area contributed by atoms with Crippen molar-refractivity contribution in [2.75, 3.05) is 13.2 Å². The molecule has 0 unspecified atom stereocenters. The van der Waals surface area contributed by atoms with Gasteiger partial charge in [0, 0.05) is 30.5 Å². The van der Waals surface area contributed by atoms with Gasteiger partial charge in [-0.05, 0) is 42.7 Å². The summed E-state index contributed by atoms with van der Waals surface area (Å²) in [5.41, 5.74) is 3.38. The van der Waals surface area contributed by atoms with Gasteiger partial charge in [0.05, 0.1) is 28.9 Å². The fraction of sp³-hybridized carbons (Fsp3) is 0.286. The number of nitrogens with zero attached hydrogens (tertiary/aromatic N) is 3. The molecule has 8 heteroatoms. The molecule has 1 saturated heterocycles. The van der Waals surface area contributed by atoms with Gasteiger partial charge in [-0.15, -0.1) is 0 Å². The van der Waals surface area contributed by atoms with E-state index >= 15 is 0 Å². The molecule has 0 bridgehead atoms. The first-order valence-electron chi connectivity index (χ1n) is 9.45. The van der Waals surface area contributed by atoms with Crippen molar-refractivity contribution < 1.29 is 13.5 Å². The largest absolute Gasteiger partial charge is 0.381 e. The number of hydrogen-bond donors (Lipinski definition) is 1. The van der Waals surface area contributed by atoms with Crippen LogP contribution >= 0.6 is 0 Å². The van der Waals surface area contributed by atoms with Gasteiger partial charge in [0.15, 0.2) is 0 Å². The van der Waals surface area contributed by atoms with Crippen molar-refractivity contribution in [3.8, 4) is 11.1 Å². The van der Waals surface area contributed by atoms with Gasteiger partial charge in [-0.25, -0.2) is 4.79 Å². The van der Waals surface area contributed by atoms with Crippen LogP contribution in [0.25, 0.3) is 33.1 Å². The summed E-state index contributed by atoms with van der Waals surface area (Å²) in [5.74, 6) is -1.65. The van der Waals surface area contributed by atoms with Gasteiger partial charge in [0.25, 0.3) is 0 Å². The Morgan fingerprint density at radius 3 is 2.83 bits per heavy atom. The van der Waals surface area contributed by atoms with Crippen molar-refractivity contribution in [2.24, 2.45) is 7.05 Å². The van der Waals surface area contributed by atoms with Crippen LogP contribution < -0.4 is 5.69 Å². The second kappa shape index (κ2) is 6.73. The molecule has 0 spiro atoms. The molecule has 1 N–H and O–H groups in total. The van der Waals surface area contributed by atoms with Crippen LogP contribution in [0.2, 0.25) is 0 Å². The number of halogens is 2. The van der Waals surface area contributed by atoms with E-state index in [0.29, 0.717) is 28.6 Å². The molecule has 0 amide bonds. The Labute approximate surface area is 164 Å². The van der Waals surface area contributed by atoms with Crippen molar-refractivity contribution in [3.63, 3.8) is 0 Å². The fourth-order valence-electron chi connectivity index (χ4n) is 4.07. The molecule has 3 aromatic heterocycles. The van der Waals surface area contributed by atoms with Gasteiger partial charge >= 0.3 is 5.69 Å². The van der Waals surface area contributed by atoms with Crippen molar-refractivity contribution in [1.29, 1.82) is 0 Å². The van der Waals surface area contributed by atoms with E-state index in [1.807, 2.05) is 0 Å². The Morgan fingerprint density at radius 1 is 1.21 bits per heavy atom. The molecule has 4 heterocycles. The quantitative estimate of drug-likeness (QED) is 0.525. The van der Waals surface area contributed by atoms with E-state index in [1.165, 1.54) is 6.07 Å². The van der Waals surface area contributed by atoms with Gasteiger partial charge in [0.2, 0.25) is 11.9 Å². The fourth-order valence-corrected chi connectivity index (χ4v) is 4.07. The topological polar surface area (TPSA) is 72.8 Å². The van der Waals surface area contributed by atoms with E-state index in [0.717, 1.165) is 36.7 Å². The highest BCUT2D eigenvalue weighted by atomic mass is 19.1. The maximum atomic E-state index is 14.2. The van der Waals surface area contributed by atoms with Gasteiger partial charge in [-0.1, -0.05) is 6.07 Å². The zero-order valence-corrected chi connectivity index (χ0v) is 15.7. The lowest BCUT2D eigenvalue weighted by atomic mass is 9.95. The SMILES string of the molecule is Cn1c(=O)[nH]c2c3cc(-c4ccc(F)nc4F)ccc3nc([C@@H]3CCCOC3)c21. The summed E-state index contributed by atoms with van der Waals surface area (Å²) in [4.78, 5) is 23.4. The highest BCUT2D eigenvalue weighted by molar-refractivity contribution is 6.04. The Balaban J connectivity index is 1.77. The highest BCUT2D eigenvalue weighted by Gasteiger charge is 2.24. The predicted octanol–water partition coefficient (Wildman–Crippen LogP) is 3.65. The number of H-pyrrole nitrogens is 1. The number of hydrogen-bond acceptors (Lipinski definition) is 4. The van der Waals surface area contributed by atoms with Crippen molar-refractivity contribution >= 4 is 21.9 Å². The standard InChI is InChI=1S/C21H18F2N4O2/c1-27-19-17(12-3-2-8-29-10-12)24-15-6-4-11(9-14(15)18(19)26-21(27)28)13-5-7-16(22)25-20(13)23/h4-7,9,12H,2-3,8,10H2,1H3,(H,26,28)/t12-/m1/s1. The highest BCUT2D eigenvalue weighted by Crippen LogP contribution is 2.34. The van der Waals surface area contributed by atoms with Crippen LogP contribution in [0.5, 0.6) is 0 Å². The normalized spacial score (nSPS) is 17.3.